The van der Waals surface area contributed by atoms with Crippen LogP contribution in [0.2, 0.25) is 0 Å². The Balaban J connectivity index is 1.65. The molecule has 0 aliphatic carbocycles. The van der Waals surface area contributed by atoms with Crippen molar-refractivity contribution in [3.8, 4) is 0 Å². The summed E-state index contributed by atoms with van der Waals surface area (Å²) in [5, 5.41) is 9.20. The highest BCUT2D eigenvalue weighted by molar-refractivity contribution is 5.93. The predicted molar refractivity (Wildman–Crippen MR) is 84.3 cm³/mol. The number of aliphatic carboxylic acids is 1. The van der Waals surface area contributed by atoms with Crippen molar-refractivity contribution in [1.29, 1.82) is 0 Å². The molecule has 7 heteroatoms. The molecule has 0 unspecified atom stereocenters. The van der Waals surface area contributed by atoms with Crippen molar-refractivity contribution >= 4 is 17.8 Å². The molecule has 1 atom stereocenters. The van der Waals surface area contributed by atoms with E-state index in [0.717, 1.165) is 19.3 Å². The van der Waals surface area contributed by atoms with Crippen LogP contribution in [0.3, 0.4) is 0 Å². The van der Waals surface area contributed by atoms with Gasteiger partial charge < -0.3 is 19.3 Å². The average molecular weight is 334 g/mol. The highest BCUT2D eigenvalue weighted by Gasteiger charge is 2.44. The number of hydrogen-bond donors (Lipinski definition) is 1. The molecule has 2 amide bonds. The number of piperidine rings is 2. The molecule has 24 heavy (non-hydrogen) atoms. The lowest BCUT2D eigenvalue weighted by molar-refractivity contribution is -0.154. The lowest BCUT2D eigenvalue weighted by atomic mass is 9.72. The molecule has 1 aromatic rings. The maximum absolute atomic E-state index is 12.4. The summed E-state index contributed by atoms with van der Waals surface area (Å²) >= 11 is 0. The summed E-state index contributed by atoms with van der Waals surface area (Å²) in [4.78, 5) is 39.0. The number of rotatable bonds is 3. The van der Waals surface area contributed by atoms with Gasteiger partial charge in [-0.1, -0.05) is 0 Å². The van der Waals surface area contributed by atoms with Gasteiger partial charge in [0.05, 0.1) is 11.8 Å². The van der Waals surface area contributed by atoms with Gasteiger partial charge in [-0.2, -0.15) is 0 Å². The van der Waals surface area contributed by atoms with Gasteiger partial charge in [-0.05, 0) is 37.7 Å². The second kappa shape index (κ2) is 6.30. The number of carbonyl (C=O) groups excluding carboxylic acids is 2. The lowest BCUT2D eigenvalue weighted by Crippen LogP contribution is -2.55. The van der Waals surface area contributed by atoms with Crippen molar-refractivity contribution in [2.24, 2.45) is 5.41 Å². The van der Waals surface area contributed by atoms with Crippen molar-refractivity contribution < 1.29 is 23.9 Å². The summed E-state index contributed by atoms with van der Waals surface area (Å²) in [6.07, 6.45) is 5.65. The fourth-order valence-electron chi connectivity index (χ4n) is 3.69. The van der Waals surface area contributed by atoms with Gasteiger partial charge in [0.1, 0.15) is 12.3 Å². The summed E-state index contributed by atoms with van der Waals surface area (Å²) < 4.78 is 4.96. The van der Waals surface area contributed by atoms with Crippen LogP contribution in [0.25, 0.3) is 0 Å². The molecule has 0 bridgehead atoms. The fraction of sp³-hybridized carbons (Fsp3) is 0.588. The van der Waals surface area contributed by atoms with Crippen LogP contribution in [0, 0.1) is 5.41 Å². The zero-order valence-electron chi connectivity index (χ0n) is 13.7. The van der Waals surface area contributed by atoms with Crippen LogP contribution >= 0.6 is 0 Å². The first-order valence-corrected chi connectivity index (χ1v) is 8.26. The van der Waals surface area contributed by atoms with Crippen molar-refractivity contribution in [2.45, 2.75) is 38.6 Å². The molecule has 1 aromatic heterocycles. The van der Waals surface area contributed by atoms with E-state index in [1.54, 1.807) is 17.9 Å². The van der Waals surface area contributed by atoms with E-state index in [-0.39, 0.29) is 17.2 Å². The second-order valence-corrected chi connectivity index (χ2v) is 6.84. The van der Waals surface area contributed by atoms with E-state index >= 15 is 0 Å². The monoisotopic (exact) mass is 334 g/mol. The maximum atomic E-state index is 12.4. The zero-order valence-corrected chi connectivity index (χ0v) is 13.7. The Morgan fingerprint density at radius 2 is 2.00 bits per heavy atom. The molecule has 2 fully saturated rings. The van der Waals surface area contributed by atoms with Crippen LogP contribution in [0.5, 0.6) is 0 Å². The average Bonchev–Trinajstić information content (AvgIpc) is 3.11. The molecular weight excluding hydrogens is 312 g/mol. The van der Waals surface area contributed by atoms with E-state index in [9.17, 15) is 19.5 Å². The third-order valence-corrected chi connectivity index (χ3v) is 5.40. The van der Waals surface area contributed by atoms with Gasteiger partial charge >= 0.3 is 5.97 Å². The first-order chi connectivity index (χ1) is 11.4. The summed E-state index contributed by atoms with van der Waals surface area (Å²) in [5.74, 6) is -1.11. The highest BCUT2D eigenvalue weighted by atomic mass is 16.4. The Labute approximate surface area is 140 Å². The Hall–Kier alpha value is -2.31. The molecule has 0 aromatic carbocycles. The summed E-state index contributed by atoms with van der Waals surface area (Å²) in [5.41, 5.74) is 0.469. The Morgan fingerprint density at radius 1 is 1.29 bits per heavy atom. The molecule has 3 rings (SSSR count). The van der Waals surface area contributed by atoms with E-state index < -0.39 is 12.0 Å². The topological polar surface area (TPSA) is 91.1 Å². The van der Waals surface area contributed by atoms with E-state index in [2.05, 4.69) is 0 Å². The number of furan rings is 1. The van der Waals surface area contributed by atoms with Crippen molar-refractivity contribution in [3.63, 3.8) is 0 Å². The number of likely N-dealkylation sites (tertiary alicyclic amines) is 2. The van der Waals surface area contributed by atoms with Gasteiger partial charge in [-0.25, -0.2) is 4.79 Å². The fourth-order valence-corrected chi connectivity index (χ4v) is 3.69. The number of nitrogens with zero attached hydrogens (tertiary/aromatic N) is 2. The van der Waals surface area contributed by atoms with E-state index in [0.29, 0.717) is 31.6 Å². The van der Waals surface area contributed by atoms with Crippen LogP contribution < -0.4 is 0 Å². The molecule has 0 radical (unpaired) electrons. The maximum Gasteiger partial charge on any atom is 0.326 e. The van der Waals surface area contributed by atoms with E-state index in [4.69, 9.17) is 4.42 Å². The molecule has 3 heterocycles. The molecule has 0 saturated carbocycles. The summed E-state index contributed by atoms with van der Waals surface area (Å²) in [7, 11) is 0. The smallest absolute Gasteiger partial charge is 0.326 e. The number of carboxylic acid groups (broad SMARTS) is 1. The van der Waals surface area contributed by atoms with Crippen LogP contribution in [0.15, 0.2) is 23.0 Å². The number of carbonyl (C=O) groups is 3. The third-order valence-electron chi connectivity index (χ3n) is 5.40. The minimum absolute atomic E-state index is 0.0405. The number of hydrogen-bond acceptors (Lipinski definition) is 4. The molecule has 7 nitrogen and oxygen atoms in total. The van der Waals surface area contributed by atoms with E-state index in [1.165, 1.54) is 17.4 Å². The SMILES string of the molecule is C[C@H](C(=O)O)N1CC2(CCC1=O)CCN(C(=O)c1ccoc1)CC2. The Bertz CT molecular complexity index is 631. The Kier molecular flexibility index (Phi) is 4.34. The van der Waals surface area contributed by atoms with Crippen LogP contribution in [-0.4, -0.2) is 58.4 Å². The van der Waals surface area contributed by atoms with Gasteiger partial charge in [0, 0.05) is 26.1 Å². The van der Waals surface area contributed by atoms with Gasteiger partial charge in [0.25, 0.3) is 5.91 Å². The van der Waals surface area contributed by atoms with Gasteiger partial charge in [0.15, 0.2) is 0 Å². The van der Waals surface area contributed by atoms with Crippen LogP contribution in [0.4, 0.5) is 0 Å². The lowest BCUT2D eigenvalue weighted by Gasteiger charge is -2.48. The molecule has 130 valence electrons. The first-order valence-electron chi connectivity index (χ1n) is 8.26. The normalized spacial score (nSPS) is 21.8. The van der Waals surface area contributed by atoms with E-state index in [1.807, 2.05) is 0 Å². The van der Waals surface area contributed by atoms with Crippen molar-refractivity contribution in [1.82, 2.24) is 9.80 Å². The van der Waals surface area contributed by atoms with Crippen LogP contribution in [0.1, 0.15) is 43.0 Å². The zero-order chi connectivity index (χ0) is 17.3. The molecule has 2 saturated heterocycles. The van der Waals surface area contributed by atoms with Crippen molar-refractivity contribution in [2.75, 3.05) is 19.6 Å². The first kappa shape index (κ1) is 16.5. The van der Waals surface area contributed by atoms with Gasteiger partial charge in [0.2, 0.25) is 5.91 Å². The number of carboxylic acids is 1. The largest absolute Gasteiger partial charge is 0.480 e. The number of amides is 2. The molecule has 1 spiro atoms. The summed E-state index contributed by atoms with van der Waals surface area (Å²) in [6.45, 7) is 3.25. The molecule has 1 N–H and O–H groups in total. The highest BCUT2D eigenvalue weighted by Crippen LogP contribution is 2.41. The minimum Gasteiger partial charge on any atom is -0.480 e. The van der Waals surface area contributed by atoms with Gasteiger partial charge in [-0.3, -0.25) is 9.59 Å². The van der Waals surface area contributed by atoms with Crippen LogP contribution in [-0.2, 0) is 9.59 Å². The minimum atomic E-state index is -0.979. The molecule has 2 aliphatic heterocycles. The third kappa shape index (κ3) is 3.02. The quantitative estimate of drug-likeness (QED) is 0.906. The Morgan fingerprint density at radius 3 is 2.58 bits per heavy atom. The molecule has 2 aliphatic rings. The van der Waals surface area contributed by atoms with Gasteiger partial charge in [-0.15, -0.1) is 0 Å². The predicted octanol–water partition coefficient (Wildman–Crippen LogP) is 1.60. The standard InChI is InChI=1S/C17H22N2O5/c1-12(16(22)23)19-11-17(4-2-14(19)20)5-7-18(8-6-17)15(21)13-3-9-24-10-13/h3,9-10,12H,2,4-8,11H2,1H3,(H,22,23)/t12-/m1/s1. The van der Waals surface area contributed by atoms with Crippen molar-refractivity contribution in [3.05, 3.63) is 24.2 Å². The molecular formula is C17H22N2O5. The summed E-state index contributed by atoms with van der Waals surface area (Å²) in [6, 6.07) is 0.850. The second-order valence-electron chi connectivity index (χ2n) is 6.84.